The van der Waals surface area contributed by atoms with Gasteiger partial charge in [-0.15, -0.1) is 0 Å². The van der Waals surface area contributed by atoms with E-state index in [0.717, 1.165) is 20.8 Å². The first-order valence-corrected chi connectivity index (χ1v) is 15.2. The van der Waals surface area contributed by atoms with Gasteiger partial charge in [-0.1, -0.05) is 0 Å². The Morgan fingerprint density at radius 1 is 0.816 bits per heavy atom. The topological polar surface area (TPSA) is 353 Å². The average Bonchev–Trinajstić information content (AvgIpc) is 3.02. The maximum absolute atomic E-state index is 12.5. The SMILES string of the molecule is CC(=O)N[C@@H]1[C@@H](O[C@H]2O[C@H](CO[C@]3(C(=O)O)C[C@H](O)[C@@H](NC(C)=O)[C@H]([C@H](O)[C@H](O)CO)O3)[C@H](O)[C@H](O)[C@H]2NC(C)=O)[C@@H](O)[C@@H](CO)O[C@H]1O. The summed E-state index contributed by atoms with van der Waals surface area (Å²) in [7, 11) is 0. The van der Waals surface area contributed by atoms with Crippen LogP contribution in [0, 0.1) is 0 Å². The molecule has 3 saturated heterocycles. The molecule has 3 amide bonds. The lowest BCUT2D eigenvalue weighted by Gasteiger charge is -2.49. The molecule has 3 fully saturated rings. The Hall–Kier alpha value is -2.68. The Kier molecular flexibility index (Phi) is 14.2. The van der Waals surface area contributed by atoms with Crippen molar-refractivity contribution in [2.75, 3.05) is 19.8 Å². The maximum Gasteiger partial charge on any atom is 0.364 e. The van der Waals surface area contributed by atoms with Crippen molar-refractivity contribution < 1.29 is 93.9 Å². The van der Waals surface area contributed by atoms with E-state index in [9.17, 15) is 70.2 Å². The Bertz CT molecular complexity index is 1170. The van der Waals surface area contributed by atoms with Crippen molar-refractivity contribution in [2.24, 2.45) is 0 Å². The highest BCUT2D eigenvalue weighted by molar-refractivity contribution is 5.76. The molecular formula is C27H45N3O19. The second-order valence-electron chi connectivity index (χ2n) is 12.0. The number of aliphatic hydroxyl groups is 9. The Balaban J connectivity index is 1.93. The summed E-state index contributed by atoms with van der Waals surface area (Å²) in [5, 5.41) is 111. The molecule has 0 aromatic heterocycles. The molecule has 0 unspecified atom stereocenters. The first-order chi connectivity index (χ1) is 22.9. The molecule has 22 nitrogen and oxygen atoms in total. The van der Waals surface area contributed by atoms with E-state index in [0.29, 0.717) is 0 Å². The molecule has 0 bridgehead atoms. The molecule has 0 aromatic rings. The third kappa shape index (κ3) is 9.36. The summed E-state index contributed by atoms with van der Waals surface area (Å²) in [5.41, 5.74) is 0. The zero-order valence-corrected chi connectivity index (χ0v) is 26.6. The molecule has 0 aliphatic carbocycles. The van der Waals surface area contributed by atoms with Crippen LogP contribution in [0.25, 0.3) is 0 Å². The van der Waals surface area contributed by atoms with Crippen LogP contribution in [0.3, 0.4) is 0 Å². The smallest absolute Gasteiger partial charge is 0.364 e. The van der Waals surface area contributed by atoms with E-state index >= 15 is 0 Å². The highest BCUT2D eigenvalue weighted by Crippen LogP contribution is 2.35. The number of carboxylic acid groups (broad SMARTS) is 1. The molecule has 13 N–H and O–H groups in total. The van der Waals surface area contributed by atoms with Crippen molar-refractivity contribution in [2.45, 2.75) is 125 Å². The van der Waals surface area contributed by atoms with Crippen LogP contribution in [0.5, 0.6) is 0 Å². The Labute approximate surface area is 278 Å². The van der Waals surface area contributed by atoms with Gasteiger partial charge in [-0.3, -0.25) is 14.4 Å². The van der Waals surface area contributed by atoms with Crippen molar-refractivity contribution in [3.63, 3.8) is 0 Å². The monoisotopic (exact) mass is 715 g/mol. The summed E-state index contributed by atoms with van der Waals surface area (Å²) >= 11 is 0. The maximum atomic E-state index is 12.5. The average molecular weight is 716 g/mol. The number of amides is 3. The summed E-state index contributed by atoms with van der Waals surface area (Å²) < 4.78 is 27.8. The fourth-order valence-corrected chi connectivity index (χ4v) is 5.86. The van der Waals surface area contributed by atoms with Crippen LogP contribution in [0.15, 0.2) is 0 Å². The zero-order chi connectivity index (χ0) is 37.0. The van der Waals surface area contributed by atoms with E-state index in [4.69, 9.17) is 23.7 Å². The van der Waals surface area contributed by atoms with Gasteiger partial charge in [0.2, 0.25) is 17.7 Å². The zero-order valence-electron chi connectivity index (χ0n) is 26.6. The molecule has 0 aromatic carbocycles. The third-order valence-corrected chi connectivity index (χ3v) is 8.27. The van der Waals surface area contributed by atoms with Gasteiger partial charge in [0.05, 0.1) is 32.0 Å². The predicted octanol–water partition coefficient (Wildman–Crippen LogP) is -7.94. The second-order valence-corrected chi connectivity index (χ2v) is 12.0. The highest BCUT2D eigenvalue weighted by Gasteiger charge is 2.57. The molecular weight excluding hydrogens is 670 g/mol. The molecule has 3 rings (SSSR count). The van der Waals surface area contributed by atoms with E-state index in [2.05, 4.69) is 16.0 Å². The van der Waals surface area contributed by atoms with Crippen LogP contribution in [0.2, 0.25) is 0 Å². The number of hydrogen-bond acceptors (Lipinski definition) is 18. The summed E-state index contributed by atoms with van der Waals surface area (Å²) in [6, 6.07) is -4.60. The standard InChI is InChI=1S/C27H45N3O19/c1-8(33)28-15-11(36)4-27(26(43)44,49-23(15)18(38)12(37)5-31)45-7-14-19(39)21(41)16(29-9(2)34)25(47-14)48-22-17(30-10(3)35)24(42)46-13(6-32)20(22)40/h11-25,31-32,36-42H,4-7H2,1-3H3,(H,28,33)(H,29,34)(H,30,35)(H,43,44)/t11-,12+,13+,14+,15+,16+,17+,18+,19-,20-,21+,22+,23+,24+,25+,27+/m0/s1. The van der Waals surface area contributed by atoms with Crippen molar-refractivity contribution >= 4 is 23.7 Å². The van der Waals surface area contributed by atoms with Gasteiger partial charge in [0.1, 0.15) is 67.0 Å². The molecule has 3 aliphatic rings. The number of aliphatic hydroxyl groups excluding tert-OH is 9. The van der Waals surface area contributed by atoms with Crippen molar-refractivity contribution in [1.29, 1.82) is 0 Å². The van der Waals surface area contributed by atoms with Crippen LogP contribution in [0.4, 0.5) is 0 Å². The number of rotatable bonds is 13. The van der Waals surface area contributed by atoms with Gasteiger partial charge >= 0.3 is 5.97 Å². The van der Waals surface area contributed by atoms with Crippen LogP contribution in [-0.2, 0) is 42.9 Å². The normalized spacial score (nSPS) is 40.9. The van der Waals surface area contributed by atoms with Crippen LogP contribution in [0.1, 0.15) is 27.2 Å². The molecule has 16 atom stereocenters. The number of carboxylic acids is 1. The van der Waals surface area contributed by atoms with Crippen molar-refractivity contribution in [1.82, 2.24) is 16.0 Å². The summed E-state index contributed by atoms with van der Waals surface area (Å²) in [4.78, 5) is 48.2. The third-order valence-electron chi connectivity index (χ3n) is 8.27. The number of ether oxygens (including phenoxy) is 5. The molecule has 49 heavy (non-hydrogen) atoms. The predicted molar refractivity (Wildman–Crippen MR) is 153 cm³/mol. The summed E-state index contributed by atoms with van der Waals surface area (Å²) in [5.74, 6) is -6.93. The van der Waals surface area contributed by atoms with E-state index < -0.39 is 147 Å². The van der Waals surface area contributed by atoms with Gasteiger partial charge in [0.15, 0.2) is 12.6 Å². The van der Waals surface area contributed by atoms with Gasteiger partial charge < -0.3 is 90.7 Å². The highest BCUT2D eigenvalue weighted by atomic mass is 16.7. The van der Waals surface area contributed by atoms with Gasteiger partial charge in [-0.2, -0.15) is 0 Å². The Morgan fingerprint density at radius 2 is 1.39 bits per heavy atom. The molecule has 0 radical (unpaired) electrons. The lowest BCUT2D eigenvalue weighted by molar-refractivity contribution is -0.343. The molecule has 3 heterocycles. The number of carbonyl (C=O) groups is 4. The number of hydrogen-bond donors (Lipinski definition) is 13. The molecule has 22 heteroatoms. The fourth-order valence-electron chi connectivity index (χ4n) is 5.86. The lowest BCUT2D eigenvalue weighted by Crippen LogP contribution is -2.70. The van der Waals surface area contributed by atoms with Crippen molar-refractivity contribution in [3.05, 3.63) is 0 Å². The van der Waals surface area contributed by atoms with Gasteiger partial charge in [-0.25, -0.2) is 4.79 Å². The number of carbonyl (C=O) groups excluding carboxylic acids is 3. The van der Waals surface area contributed by atoms with E-state index in [1.165, 1.54) is 0 Å². The largest absolute Gasteiger partial charge is 0.477 e. The fraction of sp³-hybridized carbons (Fsp3) is 0.852. The summed E-state index contributed by atoms with van der Waals surface area (Å²) in [6.07, 6.45) is -22.8. The molecule has 282 valence electrons. The molecule has 0 saturated carbocycles. The van der Waals surface area contributed by atoms with Gasteiger partial charge in [0.25, 0.3) is 5.79 Å². The minimum atomic E-state index is -2.86. The first kappa shape index (κ1) is 40.7. The lowest BCUT2D eigenvalue weighted by atomic mass is 9.88. The van der Waals surface area contributed by atoms with Crippen LogP contribution < -0.4 is 16.0 Å². The van der Waals surface area contributed by atoms with Crippen LogP contribution in [-0.4, -0.2) is 192 Å². The first-order valence-electron chi connectivity index (χ1n) is 15.2. The van der Waals surface area contributed by atoms with Gasteiger partial charge in [0, 0.05) is 27.2 Å². The van der Waals surface area contributed by atoms with E-state index in [1.807, 2.05) is 0 Å². The minimum Gasteiger partial charge on any atom is -0.477 e. The van der Waals surface area contributed by atoms with Gasteiger partial charge in [-0.05, 0) is 0 Å². The Morgan fingerprint density at radius 3 is 1.92 bits per heavy atom. The minimum absolute atomic E-state index is 0.704. The molecule has 3 aliphatic heterocycles. The quantitative estimate of drug-likeness (QED) is 0.0842. The van der Waals surface area contributed by atoms with Crippen LogP contribution >= 0.6 is 0 Å². The van der Waals surface area contributed by atoms with Crippen molar-refractivity contribution in [3.8, 4) is 0 Å². The van der Waals surface area contributed by atoms with E-state index in [1.54, 1.807) is 0 Å². The molecule has 0 spiro atoms. The number of nitrogens with one attached hydrogen (secondary N) is 3. The number of aliphatic carboxylic acids is 1. The summed E-state index contributed by atoms with van der Waals surface area (Å²) in [6.45, 7) is 0.357. The second kappa shape index (κ2) is 17.0. The van der Waals surface area contributed by atoms with E-state index in [-0.39, 0.29) is 0 Å².